The van der Waals surface area contributed by atoms with Gasteiger partial charge in [-0.3, -0.25) is 0 Å². The molecule has 0 aromatic heterocycles. The van der Waals surface area contributed by atoms with Crippen LogP contribution in [0.2, 0.25) is 0 Å². The van der Waals surface area contributed by atoms with E-state index < -0.39 is 0 Å². The topological polar surface area (TPSA) is 17.1 Å². The van der Waals surface area contributed by atoms with E-state index in [1.54, 1.807) is 0 Å². The Morgan fingerprint density at radius 1 is 1.30 bits per heavy atom. The van der Waals surface area contributed by atoms with Crippen LogP contribution in [0.5, 0.6) is 0 Å². The fourth-order valence-electron chi connectivity index (χ4n) is 0. The molecule has 10 heavy (non-hydrogen) atoms. The standard InChI is InChI=1S/C3H3O.3ClH.2Li.Zn/c1-2-3-4;;;;;;/h2H,1H2;3*1H;;;/q;;;;;+1;+2/p-3. The molecule has 1 nitrogen and oxygen atoms in total. The summed E-state index contributed by atoms with van der Waals surface area (Å²) in [6.07, 6.45) is 1.28. The second-order valence-corrected chi connectivity index (χ2v) is 0.815. The second-order valence-electron chi connectivity index (χ2n) is 0.815. The molecule has 0 N–H and O–H groups in total. The van der Waals surface area contributed by atoms with Crippen LogP contribution in [-0.4, -0.2) is 22.2 Å². The zero-order chi connectivity index (χ0) is 4.28. The van der Waals surface area contributed by atoms with Crippen LogP contribution in [0.25, 0.3) is 0 Å². The number of carbonyl (C=O) groups is 1. The molecular formula is C3H3Cl3Li2OZn. The van der Waals surface area contributed by atoms with Crippen molar-refractivity contribution in [3.63, 3.8) is 0 Å². The van der Waals surface area contributed by atoms with Crippen molar-refractivity contribution in [2.75, 3.05) is 0 Å². The Balaban J connectivity index is -0.00000000800. The third-order valence-electron chi connectivity index (χ3n) is 0.287. The van der Waals surface area contributed by atoms with Crippen LogP contribution in [0.3, 0.4) is 0 Å². The Hall–Kier alpha value is 2.10. The summed E-state index contributed by atoms with van der Waals surface area (Å²) in [6, 6.07) is 0. The molecule has 0 fully saturated rings. The number of hydrogen-bond donors (Lipinski definition) is 0. The third kappa shape index (κ3) is 49.8. The fourth-order valence-corrected chi connectivity index (χ4v) is 0. The maximum Gasteiger partial charge on any atom is 2.00 e. The van der Waals surface area contributed by atoms with Crippen molar-refractivity contribution in [1.29, 1.82) is 0 Å². The van der Waals surface area contributed by atoms with Crippen LogP contribution in [0.15, 0.2) is 12.7 Å². The van der Waals surface area contributed by atoms with Crippen molar-refractivity contribution < 1.29 is 80.4 Å². The SMILES string of the molecule is [Cl-].[Cl-].[Cl-].[Li+].[Li][C](=O)C=C.[Zn+2]. The number of allylic oxidation sites excluding steroid dienone is 1. The molecule has 46 valence electrons. The summed E-state index contributed by atoms with van der Waals surface area (Å²) in [7, 11) is 0. The van der Waals surface area contributed by atoms with Crippen LogP contribution in [0, 0.1) is 0 Å². The minimum absolute atomic E-state index is 0. The summed E-state index contributed by atoms with van der Waals surface area (Å²) in [4.78, 5) is 9.69. The molecule has 0 aliphatic carbocycles. The van der Waals surface area contributed by atoms with E-state index in [1.165, 1.54) is 23.8 Å². The average molecular weight is 241 g/mol. The van der Waals surface area contributed by atoms with Gasteiger partial charge in [0.05, 0.1) is 0 Å². The molecule has 0 atom stereocenters. The van der Waals surface area contributed by atoms with Crippen molar-refractivity contribution in [3.8, 4) is 0 Å². The monoisotopic (exact) mass is 238 g/mol. The minimum atomic E-state index is 0. The Labute approximate surface area is 114 Å². The molecule has 0 amide bonds. The maximum atomic E-state index is 9.69. The molecule has 0 aromatic carbocycles. The Morgan fingerprint density at radius 2 is 1.40 bits per heavy atom. The predicted molar refractivity (Wildman–Crippen MR) is 21.0 cm³/mol. The second kappa shape index (κ2) is 30.4. The Bertz CT molecular complexity index is 72.8. The first-order chi connectivity index (χ1) is 2.27. The first-order valence-electron chi connectivity index (χ1n) is 1.40. The molecule has 0 rings (SSSR count). The number of rotatable bonds is 1. The summed E-state index contributed by atoms with van der Waals surface area (Å²) in [5.74, 6) is 0. The van der Waals surface area contributed by atoms with Crippen molar-refractivity contribution >= 4 is 22.2 Å². The van der Waals surface area contributed by atoms with Gasteiger partial charge in [0.15, 0.2) is 0 Å². The van der Waals surface area contributed by atoms with Crippen LogP contribution in [-0.2, 0) is 24.3 Å². The van der Waals surface area contributed by atoms with Crippen LogP contribution in [0.4, 0.5) is 0 Å². The van der Waals surface area contributed by atoms with E-state index in [0.717, 1.165) is 0 Å². The van der Waals surface area contributed by atoms with Gasteiger partial charge in [-0.05, 0) is 0 Å². The number of halogens is 3. The van der Waals surface area contributed by atoms with Crippen molar-refractivity contribution in [2.24, 2.45) is 0 Å². The third-order valence-corrected chi connectivity index (χ3v) is 0.287. The number of hydrogen-bond acceptors (Lipinski definition) is 1. The van der Waals surface area contributed by atoms with E-state index in [1.807, 2.05) is 0 Å². The summed E-state index contributed by atoms with van der Waals surface area (Å²) >= 11 is 1.47. The van der Waals surface area contributed by atoms with E-state index in [-0.39, 0.29) is 80.0 Å². The molecule has 7 heteroatoms. The van der Waals surface area contributed by atoms with Gasteiger partial charge in [-0.1, -0.05) is 0 Å². The van der Waals surface area contributed by atoms with E-state index >= 15 is 0 Å². The van der Waals surface area contributed by atoms with Gasteiger partial charge < -0.3 is 37.2 Å². The molecule has 0 unspecified atom stereocenters. The fraction of sp³-hybridized carbons (Fsp3) is 0. The zero-order valence-corrected chi connectivity index (χ0v) is 11.3. The van der Waals surface area contributed by atoms with Gasteiger partial charge in [-0.25, -0.2) is 0 Å². The molecular weight excluding hydrogens is 238 g/mol. The molecule has 0 aliphatic heterocycles. The molecule has 0 aromatic rings. The van der Waals surface area contributed by atoms with Gasteiger partial charge in [0, 0.05) is 0 Å². The van der Waals surface area contributed by atoms with Crippen molar-refractivity contribution in [1.82, 2.24) is 0 Å². The molecule has 0 bridgehead atoms. The first-order valence-corrected chi connectivity index (χ1v) is 1.40. The molecule has 0 saturated heterocycles. The van der Waals surface area contributed by atoms with Crippen LogP contribution < -0.4 is 56.1 Å². The zero-order valence-electron chi connectivity index (χ0n) is 6.03. The van der Waals surface area contributed by atoms with Crippen LogP contribution >= 0.6 is 0 Å². The van der Waals surface area contributed by atoms with Gasteiger partial charge in [0.25, 0.3) is 0 Å². The van der Waals surface area contributed by atoms with E-state index in [2.05, 4.69) is 6.58 Å². The summed E-state index contributed by atoms with van der Waals surface area (Å²) < 4.78 is 0.0185. The van der Waals surface area contributed by atoms with Crippen LogP contribution in [0.1, 0.15) is 0 Å². The normalized spacial score (nSPS) is 3.40. The van der Waals surface area contributed by atoms with Gasteiger partial charge >= 0.3 is 78.0 Å². The summed E-state index contributed by atoms with van der Waals surface area (Å²) in [6.45, 7) is 3.21. The Morgan fingerprint density at radius 3 is 1.40 bits per heavy atom. The van der Waals surface area contributed by atoms with Gasteiger partial charge in [0.1, 0.15) is 0 Å². The summed E-state index contributed by atoms with van der Waals surface area (Å²) in [5.41, 5.74) is 0. The van der Waals surface area contributed by atoms with E-state index in [0.29, 0.717) is 0 Å². The molecule has 0 spiro atoms. The number of carbonyl (C=O) groups excluding carboxylic acids is 1. The quantitative estimate of drug-likeness (QED) is 0.329. The Kier molecular flexibility index (Phi) is 122. The van der Waals surface area contributed by atoms with Gasteiger partial charge in [-0.15, -0.1) is 0 Å². The molecule has 0 radical (unpaired) electrons. The smallest absolute Gasteiger partial charge is 2.00 e. The predicted octanol–water partition coefficient (Wildman–Crippen LogP) is -12.1. The van der Waals surface area contributed by atoms with Gasteiger partial charge in [-0.2, -0.15) is 0 Å². The molecule has 0 saturated carbocycles. The van der Waals surface area contributed by atoms with Crippen molar-refractivity contribution in [3.05, 3.63) is 12.7 Å². The van der Waals surface area contributed by atoms with E-state index in [9.17, 15) is 4.79 Å². The van der Waals surface area contributed by atoms with Gasteiger partial charge in [0.2, 0.25) is 0 Å². The molecule has 0 heterocycles. The first kappa shape index (κ1) is 40.1. The minimum Gasteiger partial charge on any atom is 2.00 e. The maximum absolute atomic E-state index is 9.69. The van der Waals surface area contributed by atoms with E-state index in [4.69, 9.17) is 0 Å². The molecule has 0 aliphatic rings. The largest absolute Gasteiger partial charge is 2.00 e. The summed E-state index contributed by atoms with van der Waals surface area (Å²) in [5, 5.41) is 0. The van der Waals surface area contributed by atoms with Crippen molar-refractivity contribution in [2.45, 2.75) is 0 Å². The average Bonchev–Trinajstić information content (AvgIpc) is 1.38.